The van der Waals surface area contributed by atoms with Crippen LogP contribution in [0.25, 0.3) is 0 Å². The minimum absolute atomic E-state index is 0.146. The zero-order valence-electron chi connectivity index (χ0n) is 22.9. The van der Waals surface area contributed by atoms with Gasteiger partial charge >= 0.3 is 6.03 Å². The van der Waals surface area contributed by atoms with E-state index in [1.54, 1.807) is 42.5 Å². The molecule has 4 aliphatic rings. The number of hydrogen-bond acceptors (Lipinski definition) is 4. The fraction of sp³-hybridized carbons (Fsp3) is 0.312. The van der Waals surface area contributed by atoms with E-state index in [-0.39, 0.29) is 29.4 Å². The van der Waals surface area contributed by atoms with Crippen molar-refractivity contribution in [3.05, 3.63) is 95.6 Å². The van der Waals surface area contributed by atoms with Gasteiger partial charge in [0.25, 0.3) is 5.91 Å². The fourth-order valence-corrected chi connectivity index (χ4v) is 6.15. The lowest BCUT2D eigenvalue weighted by molar-refractivity contribution is -0.132. The van der Waals surface area contributed by atoms with Crippen LogP contribution in [0.3, 0.4) is 0 Å². The Kier molecular flexibility index (Phi) is 7.69. The minimum atomic E-state index is -1.49. The first kappa shape index (κ1) is 27.6. The van der Waals surface area contributed by atoms with Gasteiger partial charge in [-0.15, -0.1) is 0 Å². The highest BCUT2D eigenvalue weighted by Crippen LogP contribution is 2.34. The van der Waals surface area contributed by atoms with E-state index in [1.807, 2.05) is 4.90 Å². The molecule has 42 heavy (non-hydrogen) atoms. The molecule has 2 bridgehead atoms. The molecule has 216 valence electrons. The van der Waals surface area contributed by atoms with Crippen LogP contribution in [0.2, 0.25) is 0 Å². The van der Waals surface area contributed by atoms with Crippen LogP contribution < -0.4 is 15.5 Å². The Morgan fingerprint density at radius 1 is 0.857 bits per heavy atom. The largest absolute Gasteiger partial charge is 0.341 e. The summed E-state index contributed by atoms with van der Waals surface area (Å²) < 4.78 is 28.8. The number of carbonyl (C=O) groups excluding carboxylic acids is 3. The number of halogens is 2. The van der Waals surface area contributed by atoms with Crippen LogP contribution in [-0.4, -0.2) is 54.3 Å². The Hall–Kier alpha value is -4.60. The molecule has 3 aromatic rings. The Morgan fingerprint density at radius 3 is 2.21 bits per heavy atom. The molecule has 0 spiro atoms. The number of urea groups is 1. The topological polar surface area (TPSA) is 94.1 Å². The van der Waals surface area contributed by atoms with Crippen LogP contribution in [0.15, 0.2) is 77.8 Å². The molecule has 2 saturated heterocycles. The molecule has 0 radical (unpaired) electrons. The summed E-state index contributed by atoms with van der Waals surface area (Å²) >= 11 is 0. The van der Waals surface area contributed by atoms with Gasteiger partial charge in [0.15, 0.2) is 0 Å². The smallest absolute Gasteiger partial charge is 0.321 e. The van der Waals surface area contributed by atoms with E-state index in [9.17, 15) is 18.8 Å². The van der Waals surface area contributed by atoms with Gasteiger partial charge in [-0.05, 0) is 73.9 Å². The molecule has 2 N–H and O–H groups in total. The number of benzodiazepines with no additional fused rings is 1. The number of fused-ring (bicyclic) bond motifs is 5. The molecular formula is C32H31F2N5O3. The average Bonchev–Trinajstić information content (AvgIpc) is 3.37. The standard InChI is InChI=1S/C32H31F2N5O3/c33-22-6-5-7-23(16-22)35-32(42)37-30-31(41)39(19-28(40)38-17-20-12-13-21(18-38)15-14-20)27-11-4-2-9-25(27)29(36-30)24-8-1-3-10-26(24)34/h1-11,16,20-21,30H,12-15,17-19H2,(H2,35,37,42). The highest BCUT2D eigenvalue weighted by Gasteiger charge is 2.37. The van der Waals surface area contributed by atoms with Gasteiger partial charge in [-0.3, -0.25) is 14.5 Å². The van der Waals surface area contributed by atoms with Gasteiger partial charge in [-0.1, -0.05) is 36.4 Å². The Morgan fingerprint density at radius 2 is 1.52 bits per heavy atom. The van der Waals surface area contributed by atoms with E-state index in [0.29, 0.717) is 36.2 Å². The molecular weight excluding hydrogens is 540 g/mol. The molecule has 3 heterocycles. The van der Waals surface area contributed by atoms with Gasteiger partial charge in [-0.2, -0.15) is 0 Å². The first-order valence-electron chi connectivity index (χ1n) is 14.2. The van der Waals surface area contributed by atoms with Crippen molar-refractivity contribution in [3.8, 4) is 0 Å². The summed E-state index contributed by atoms with van der Waals surface area (Å²) in [6.07, 6.45) is 2.92. The number of rotatable bonds is 5. The molecule has 8 nitrogen and oxygen atoms in total. The maximum atomic E-state index is 15.1. The van der Waals surface area contributed by atoms with Crippen molar-refractivity contribution in [1.29, 1.82) is 0 Å². The van der Waals surface area contributed by atoms with Crippen molar-refractivity contribution in [3.63, 3.8) is 0 Å². The molecule has 7 rings (SSSR count). The minimum Gasteiger partial charge on any atom is -0.341 e. The van der Waals surface area contributed by atoms with Gasteiger partial charge in [0.05, 0.1) is 11.4 Å². The first-order valence-corrected chi connectivity index (χ1v) is 14.2. The molecule has 3 aliphatic heterocycles. The highest BCUT2D eigenvalue weighted by molar-refractivity contribution is 6.21. The lowest BCUT2D eigenvalue weighted by Gasteiger charge is -2.29. The fourth-order valence-electron chi connectivity index (χ4n) is 6.15. The third-order valence-corrected chi connectivity index (χ3v) is 8.26. The number of benzene rings is 3. The lowest BCUT2D eigenvalue weighted by atomic mass is 9.84. The molecule has 1 atom stereocenters. The predicted molar refractivity (Wildman–Crippen MR) is 155 cm³/mol. The summed E-state index contributed by atoms with van der Waals surface area (Å²) in [5.41, 5.74) is 1.33. The lowest BCUT2D eigenvalue weighted by Crippen LogP contribution is -2.51. The molecule has 1 aliphatic carbocycles. The molecule has 4 amide bonds. The quantitative estimate of drug-likeness (QED) is 0.454. The predicted octanol–water partition coefficient (Wildman–Crippen LogP) is 4.95. The molecule has 1 unspecified atom stereocenters. The Balaban J connectivity index is 1.35. The van der Waals surface area contributed by atoms with Gasteiger partial charge in [0.2, 0.25) is 12.1 Å². The number of nitrogens with zero attached hydrogens (tertiary/aromatic N) is 3. The van der Waals surface area contributed by atoms with Crippen LogP contribution in [0.4, 0.5) is 25.0 Å². The maximum absolute atomic E-state index is 15.1. The first-order chi connectivity index (χ1) is 20.4. The van der Waals surface area contributed by atoms with Crippen molar-refractivity contribution < 1.29 is 23.2 Å². The molecule has 3 aromatic carbocycles. The Bertz CT molecular complexity index is 1540. The SMILES string of the molecule is O=C(Nc1cccc(F)c1)NC1N=C(c2ccccc2F)c2ccccc2N(CC(=O)N2CC3CCC(CC3)C2)C1=O. The monoisotopic (exact) mass is 571 g/mol. The van der Waals surface area contributed by atoms with E-state index in [4.69, 9.17) is 0 Å². The maximum Gasteiger partial charge on any atom is 0.321 e. The number of aliphatic imine (C=N–C) groups is 1. The summed E-state index contributed by atoms with van der Waals surface area (Å²) in [5, 5.41) is 5.06. The second-order valence-corrected chi connectivity index (χ2v) is 11.1. The zero-order chi connectivity index (χ0) is 29.2. The van der Waals surface area contributed by atoms with Crippen LogP contribution in [0, 0.1) is 23.5 Å². The second-order valence-electron chi connectivity index (χ2n) is 11.1. The normalized spacial score (nSPS) is 21.6. The van der Waals surface area contributed by atoms with Crippen LogP contribution >= 0.6 is 0 Å². The molecule has 3 fully saturated rings. The van der Waals surface area contributed by atoms with Crippen molar-refractivity contribution in [2.24, 2.45) is 16.8 Å². The molecule has 0 aromatic heterocycles. The van der Waals surface area contributed by atoms with Gasteiger partial charge in [0, 0.05) is 29.9 Å². The van der Waals surface area contributed by atoms with Gasteiger partial charge < -0.3 is 15.5 Å². The van der Waals surface area contributed by atoms with Crippen LogP contribution in [0.5, 0.6) is 0 Å². The third kappa shape index (κ3) is 5.74. The molecule has 1 saturated carbocycles. The summed E-state index contributed by atoms with van der Waals surface area (Å²) in [7, 11) is 0. The van der Waals surface area contributed by atoms with Crippen molar-refractivity contribution in [1.82, 2.24) is 10.2 Å². The van der Waals surface area contributed by atoms with Gasteiger partial charge in [0.1, 0.15) is 18.2 Å². The average molecular weight is 572 g/mol. The van der Waals surface area contributed by atoms with Crippen molar-refractivity contribution in [2.75, 3.05) is 29.9 Å². The van der Waals surface area contributed by atoms with Crippen LogP contribution in [-0.2, 0) is 9.59 Å². The number of anilines is 2. The number of para-hydroxylation sites is 1. The number of nitrogens with one attached hydrogen (secondary N) is 2. The van der Waals surface area contributed by atoms with Crippen LogP contribution in [0.1, 0.15) is 36.8 Å². The van der Waals surface area contributed by atoms with E-state index in [0.717, 1.165) is 31.7 Å². The van der Waals surface area contributed by atoms with E-state index in [1.165, 1.54) is 29.2 Å². The summed E-state index contributed by atoms with van der Waals surface area (Å²) in [5.74, 6) is -1.01. The highest BCUT2D eigenvalue weighted by atomic mass is 19.1. The third-order valence-electron chi connectivity index (χ3n) is 8.26. The van der Waals surface area contributed by atoms with Gasteiger partial charge in [-0.25, -0.2) is 18.6 Å². The number of amides is 4. The second kappa shape index (κ2) is 11.7. The van der Waals surface area contributed by atoms with Crippen molar-refractivity contribution in [2.45, 2.75) is 31.8 Å². The van der Waals surface area contributed by atoms with E-state index >= 15 is 4.39 Å². The number of carbonyl (C=O) groups is 3. The summed E-state index contributed by atoms with van der Waals surface area (Å²) in [6, 6.07) is 17.4. The van der Waals surface area contributed by atoms with Crippen molar-refractivity contribution >= 4 is 34.9 Å². The van der Waals surface area contributed by atoms with E-state index in [2.05, 4.69) is 15.6 Å². The number of hydrogen-bond donors (Lipinski definition) is 2. The summed E-state index contributed by atoms with van der Waals surface area (Å²) in [6.45, 7) is 1.07. The molecule has 10 heteroatoms. The summed E-state index contributed by atoms with van der Waals surface area (Å²) in [4.78, 5) is 48.5. The zero-order valence-corrected chi connectivity index (χ0v) is 22.9. The van der Waals surface area contributed by atoms with E-state index < -0.39 is 29.7 Å². The Labute approximate surface area is 242 Å².